The second-order valence-corrected chi connectivity index (χ2v) is 5.95. The largest absolute Gasteiger partial charge is 0.497 e. The fourth-order valence-corrected chi connectivity index (χ4v) is 2.84. The Kier molecular flexibility index (Phi) is 5.60. The van der Waals surface area contributed by atoms with E-state index in [0.29, 0.717) is 42.9 Å². The molecule has 2 aromatic heterocycles. The lowest BCUT2D eigenvalue weighted by molar-refractivity contribution is 0.0754. The average Bonchev–Trinajstić information content (AvgIpc) is 2.98. The Labute approximate surface area is 146 Å². The van der Waals surface area contributed by atoms with Crippen LogP contribution >= 0.6 is 0 Å². The molecule has 8 nitrogen and oxygen atoms in total. The molecule has 1 aliphatic rings. The first kappa shape index (κ1) is 17.3. The SMILES string of the molecule is CCc1nnc(CN2CCCN(C(=O)c3cc(OC)ccn3)CC2)o1. The maximum Gasteiger partial charge on any atom is 0.272 e. The van der Waals surface area contributed by atoms with Crippen LogP contribution in [0, 0.1) is 0 Å². The van der Waals surface area contributed by atoms with Crippen LogP contribution in [0.4, 0.5) is 0 Å². The molecule has 0 radical (unpaired) electrons. The molecule has 1 saturated heterocycles. The standard InChI is InChI=1S/C17H23N5O3/c1-3-15-19-20-16(25-15)12-21-7-4-8-22(10-9-21)17(23)14-11-13(24-2)5-6-18-14/h5-6,11H,3-4,7-10,12H2,1-2H3. The molecular weight excluding hydrogens is 322 g/mol. The molecule has 0 spiro atoms. The predicted octanol–water partition coefficient (Wildman–Crippen LogP) is 1.38. The lowest BCUT2D eigenvalue weighted by Gasteiger charge is -2.21. The third-order valence-electron chi connectivity index (χ3n) is 4.23. The minimum atomic E-state index is -0.0631. The quantitative estimate of drug-likeness (QED) is 0.809. The molecule has 0 aromatic carbocycles. The van der Waals surface area contributed by atoms with Gasteiger partial charge in [0.1, 0.15) is 11.4 Å². The maximum absolute atomic E-state index is 12.7. The van der Waals surface area contributed by atoms with Crippen molar-refractivity contribution in [3.63, 3.8) is 0 Å². The number of methoxy groups -OCH3 is 1. The number of rotatable bonds is 5. The summed E-state index contributed by atoms with van der Waals surface area (Å²) in [4.78, 5) is 20.9. The van der Waals surface area contributed by atoms with Gasteiger partial charge in [-0.05, 0) is 12.5 Å². The van der Waals surface area contributed by atoms with Crippen molar-refractivity contribution in [3.8, 4) is 5.75 Å². The Morgan fingerprint density at radius 3 is 2.84 bits per heavy atom. The van der Waals surface area contributed by atoms with Crippen LogP contribution in [0.1, 0.15) is 35.6 Å². The Bertz CT molecular complexity index is 718. The van der Waals surface area contributed by atoms with Crippen molar-refractivity contribution in [2.24, 2.45) is 0 Å². The summed E-state index contributed by atoms with van der Waals surface area (Å²) in [6, 6.07) is 3.41. The lowest BCUT2D eigenvalue weighted by atomic mass is 10.3. The van der Waals surface area contributed by atoms with Gasteiger partial charge in [0, 0.05) is 44.9 Å². The van der Waals surface area contributed by atoms with E-state index in [0.717, 1.165) is 25.9 Å². The fourth-order valence-electron chi connectivity index (χ4n) is 2.84. The zero-order chi connectivity index (χ0) is 17.6. The summed E-state index contributed by atoms with van der Waals surface area (Å²) in [5.41, 5.74) is 0.414. The monoisotopic (exact) mass is 345 g/mol. The molecule has 0 aliphatic carbocycles. The number of nitrogens with zero attached hydrogens (tertiary/aromatic N) is 5. The zero-order valence-corrected chi connectivity index (χ0v) is 14.6. The topological polar surface area (TPSA) is 84.6 Å². The number of aromatic nitrogens is 3. The molecule has 1 fully saturated rings. The molecule has 0 saturated carbocycles. The first-order chi connectivity index (χ1) is 12.2. The molecule has 0 atom stereocenters. The Morgan fingerprint density at radius 2 is 2.08 bits per heavy atom. The van der Waals surface area contributed by atoms with Gasteiger partial charge in [-0.2, -0.15) is 0 Å². The van der Waals surface area contributed by atoms with E-state index in [9.17, 15) is 4.79 Å². The lowest BCUT2D eigenvalue weighted by Crippen LogP contribution is -2.35. The molecule has 2 aromatic rings. The number of hydrogen-bond donors (Lipinski definition) is 0. The smallest absolute Gasteiger partial charge is 0.272 e. The summed E-state index contributed by atoms with van der Waals surface area (Å²) in [6.07, 6.45) is 3.23. The van der Waals surface area contributed by atoms with Gasteiger partial charge in [-0.3, -0.25) is 14.7 Å². The van der Waals surface area contributed by atoms with Gasteiger partial charge in [0.2, 0.25) is 11.8 Å². The molecule has 134 valence electrons. The first-order valence-corrected chi connectivity index (χ1v) is 8.52. The normalized spacial score (nSPS) is 15.8. The highest BCUT2D eigenvalue weighted by atomic mass is 16.5. The molecular formula is C17H23N5O3. The van der Waals surface area contributed by atoms with Crippen LogP contribution in [-0.2, 0) is 13.0 Å². The van der Waals surface area contributed by atoms with Crippen molar-refractivity contribution < 1.29 is 13.9 Å². The molecule has 0 unspecified atom stereocenters. The van der Waals surface area contributed by atoms with Gasteiger partial charge in [0.15, 0.2) is 0 Å². The van der Waals surface area contributed by atoms with Gasteiger partial charge in [0.25, 0.3) is 5.91 Å². The molecule has 3 rings (SSSR count). The van der Waals surface area contributed by atoms with Gasteiger partial charge in [-0.25, -0.2) is 0 Å². The summed E-state index contributed by atoms with van der Waals surface area (Å²) in [5, 5.41) is 8.06. The number of pyridine rings is 1. The second kappa shape index (κ2) is 8.06. The van der Waals surface area contributed by atoms with E-state index < -0.39 is 0 Å². The molecule has 1 amide bonds. The van der Waals surface area contributed by atoms with E-state index in [-0.39, 0.29) is 5.91 Å². The molecule has 3 heterocycles. The van der Waals surface area contributed by atoms with E-state index in [1.807, 2.05) is 11.8 Å². The highest BCUT2D eigenvalue weighted by Crippen LogP contribution is 2.14. The number of hydrogen-bond acceptors (Lipinski definition) is 7. The average molecular weight is 345 g/mol. The number of amides is 1. The van der Waals surface area contributed by atoms with Crippen molar-refractivity contribution in [1.29, 1.82) is 0 Å². The maximum atomic E-state index is 12.7. The predicted molar refractivity (Wildman–Crippen MR) is 90.3 cm³/mol. The summed E-state index contributed by atoms with van der Waals surface area (Å²) in [7, 11) is 1.58. The molecule has 1 aliphatic heterocycles. The van der Waals surface area contributed by atoms with E-state index >= 15 is 0 Å². The third kappa shape index (κ3) is 4.33. The third-order valence-corrected chi connectivity index (χ3v) is 4.23. The van der Waals surface area contributed by atoms with Gasteiger partial charge in [-0.1, -0.05) is 6.92 Å². The van der Waals surface area contributed by atoms with Crippen molar-refractivity contribution in [2.75, 3.05) is 33.3 Å². The second-order valence-electron chi connectivity index (χ2n) is 5.95. The minimum absolute atomic E-state index is 0.0631. The number of aryl methyl sites for hydroxylation is 1. The van der Waals surface area contributed by atoms with E-state index in [2.05, 4.69) is 20.1 Å². The van der Waals surface area contributed by atoms with Crippen LogP contribution in [0.5, 0.6) is 5.75 Å². The van der Waals surface area contributed by atoms with E-state index in [1.54, 1.807) is 25.4 Å². The summed E-state index contributed by atoms with van der Waals surface area (Å²) >= 11 is 0. The van der Waals surface area contributed by atoms with Crippen LogP contribution in [0.3, 0.4) is 0 Å². The Balaban J connectivity index is 1.59. The van der Waals surface area contributed by atoms with E-state index in [4.69, 9.17) is 9.15 Å². The highest BCUT2D eigenvalue weighted by Gasteiger charge is 2.22. The van der Waals surface area contributed by atoms with Crippen molar-refractivity contribution in [2.45, 2.75) is 26.3 Å². The number of carbonyl (C=O) groups excluding carboxylic acids is 1. The van der Waals surface area contributed by atoms with Crippen molar-refractivity contribution in [1.82, 2.24) is 25.0 Å². The van der Waals surface area contributed by atoms with Gasteiger partial charge < -0.3 is 14.1 Å². The summed E-state index contributed by atoms with van der Waals surface area (Å²) in [5.74, 6) is 1.86. The van der Waals surface area contributed by atoms with Crippen LogP contribution in [0.25, 0.3) is 0 Å². The van der Waals surface area contributed by atoms with Crippen LogP contribution < -0.4 is 4.74 Å². The molecule has 25 heavy (non-hydrogen) atoms. The first-order valence-electron chi connectivity index (χ1n) is 8.52. The number of ether oxygens (including phenoxy) is 1. The minimum Gasteiger partial charge on any atom is -0.497 e. The van der Waals surface area contributed by atoms with Crippen LogP contribution in [0.15, 0.2) is 22.7 Å². The van der Waals surface area contributed by atoms with E-state index in [1.165, 1.54) is 0 Å². The summed E-state index contributed by atoms with van der Waals surface area (Å²) < 4.78 is 10.7. The molecule has 0 bridgehead atoms. The highest BCUT2D eigenvalue weighted by molar-refractivity contribution is 5.92. The zero-order valence-electron chi connectivity index (χ0n) is 14.6. The van der Waals surface area contributed by atoms with Gasteiger partial charge in [-0.15, -0.1) is 10.2 Å². The fraction of sp³-hybridized carbons (Fsp3) is 0.529. The van der Waals surface area contributed by atoms with Crippen molar-refractivity contribution >= 4 is 5.91 Å². The number of carbonyl (C=O) groups is 1. The van der Waals surface area contributed by atoms with Crippen molar-refractivity contribution in [3.05, 3.63) is 35.8 Å². The Hall–Kier alpha value is -2.48. The molecule has 8 heteroatoms. The van der Waals surface area contributed by atoms with Crippen LogP contribution in [-0.4, -0.2) is 64.2 Å². The Morgan fingerprint density at radius 1 is 1.24 bits per heavy atom. The van der Waals surface area contributed by atoms with Gasteiger partial charge >= 0.3 is 0 Å². The summed E-state index contributed by atoms with van der Waals surface area (Å²) in [6.45, 7) is 5.61. The van der Waals surface area contributed by atoms with Gasteiger partial charge in [0.05, 0.1) is 13.7 Å². The molecule has 0 N–H and O–H groups in total. The van der Waals surface area contributed by atoms with Crippen LogP contribution in [0.2, 0.25) is 0 Å².